The van der Waals surface area contributed by atoms with Crippen molar-refractivity contribution in [1.29, 1.82) is 0 Å². The Morgan fingerprint density at radius 1 is 1.09 bits per heavy atom. The average molecular weight is 474 g/mol. The summed E-state index contributed by atoms with van der Waals surface area (Å²) in [5.74, 6) is -0.187. The molecule has 10 nitrogen and oxygen atoms in total. The Balaban J connectivity index is 1.72. The van der Waals surface area contributed by atoms with Crippen molar-refractivity contribution in [3.8, 4) is 0 Å². The van der Waals surface area contributed by atoms with Crippen LogP contribution in [0.5, 0.6) is 0 Å². The van der Waals surface area contributed by atoms with Crippen LogP contribution in [0.4, 0.5) is 10.5 Å². The van der Waals surface area contributed by atoms with Crippen molar-refractivity contribution in [1.82, 2.24) is 10.6 Å². The fourth-order valence-corrected chi connectivity index (χ4v) is 4.03. The van der Waals surface area contributed by atoms with Gasteiger partial charge < -0.3 is 15.7 Å². The van der Waals surface area contributed by atoms with E-state index < -0.39 is 16.1 Å². The number of aryl methyl sites for hydroxylation is 1. The van der Waals surface area contributed by atoms with Gasteiger partial charge in [-0.3, -0.25) is 9.80 Å². The number of hydrogen-bond acceptors (Lipinski definition) is 6. The highest BCUT2D eigenvalue weighted by Crippen LogP contribution is 2.36. The molecule has 0 bridgehead atoms. The normalized spacial score (nSPS) is 15.8. The van der Waals surface area contributed by atoms with Crippen LogP contribution in [-0.4, -0.2) is 44.3 Å². The Hall–Kier alpha value is -3.44. The van der Waals surface area contributed by atoms with E-state index in [9.17, 15) is 18.0 Å². The molecule has 0 radical (unpaired) electrons. The number of nitrogens with zero attached hydrogens (tertiary/aromatic N) is 2. The molecule has 2 aromatic carbocycles. The number of carboxylic acid groups (broad SMARTS) is 1. The molecule has 1 heterocycles. The van der Waals surface area contributed by atoms with E-state index in [1.807, 2.05) is 36.2 Å². The third kappa shape index (κ3) is 6.77. The number of anilines is 1. The quantitative estimate of drug-likeness (QED) is 0.409. The molecule has 1 aliphatic rings. The third-order valence-corrected chi connectivity index (χ3v) is 6.16. The smallest absolute Gasteiger partial charge is 0.404 e. The second-order valence-electron chi connectivity index (χ2n) is 7.76. The number of rotatable bonds is 9. The highest BCUT2D eigenvalue weighted by atomic mass is 32.2. The van der Waals surface area contributed by atoms with E-state index in [1.165, 1.54) is 12.1 Å². The fraction of sp³-hybridized carbons (Fsp3) is 0.318. The number of carbonyl (C=O) groups is 2. The van der Waals surface area contributed by atoms with Gasteiger partial charge in [-0.15, -0.1) is 0 Å². The van der Waals surface area contributed by atoms with Gasteiger partial charge in [0.15, 0.2) is 0 Å². The predicted molar refractivity (Wildman–Crippen MR) is 125 cm³/mol. The molecule has 0 fully saturated rings. The maximum absolute atomic E-state index is 12.1. The molecule has 1 aliphatic heterocycles. The molecule has 0 aromatic heterocycles. The highest BCUT2D eigenvalue weighted by molar-refractivity contribution is 7.89. The molecule has 3 rings (SSSR count). The highest BCUT2D eigenvalue weighted by Gasteiger charge is 2.29. The van der Waals surface area contributed by atoms with Crippen LogP contribution in [0.25, 0.3) is 0 Å². The number of primary sulfonamides is 1. The first-order valence-electron chi connectivity index (χ1n) is 10.4. The molecule has 33 heavy (non-hydrogen) atoms. The van der Waals surface area contributed by atoms with Crippen molar-refractivity contribution in [3.05, 3.63) is 59.7 Å². The molecule has 0 aliphatic carbocycles. The molecule has 176 valence electrons. The zero-order valence-electron chi connectivity index (χ0n) is 18.2. The lowest BCUT2D eigenvalue weighted by atomic mass is 9.98. The molecular formula is C22H27N5O5S. The topological polar surface area (TPSA) is 154 Å². The van der Waals surface area contributed by atoms with Crippen LogP contribution < -0.4 is 20.8 Å². The van der Waals surface area contributed by atoms with Crippen LogP contribution in [0.2, 0.25) is 0 Å². The summed E-state index contributed by atoms with van der Waals surface area (Å²) in [7, 11) is -3.79. The summed E-state index contributed by atoms with van der Waals surface area (Å²) in [6.07, 6.45) is 0.161. The lowest BCUT2D eigenvalue weighted by Gasteiger charge is -2.24. The number of benzene rings is 2. The second-order valence-corrected chi connectivity index (χ2v) is 9.32. The Bertz CT molecular complexity index is 1130. The maximum Gasteiger partial charge on any atom is 0.404 e. The summed E-state index contributed by atoms with van der Waals surface area (Å²) >= 11 is 0. The second kappa shape index (κ2) is 10.5. The number of hydrazone groups is 1. The van der Waals surface area contributed by atoms with Crippen molar-refractivity contribution in [3.63, 3.8) is 0 Å². The van der Waals surface area contributed by atoms with Gasteiger partial charge in [0, 0.05) is 31.6 Å². The molecule has 0 spiro atoms. The van der Waals surface area contributed by atoms with Crippen molar-refractivity contribution in [2.75, 3.05) is 18.1 Å². The number of nitrogens with two attached hydrogens (primary N) is 1. The van der Waals surface area contributed by atoms with Crippen LogP contribution in [0, 0.1) is 6.92 Å². The fourth-order valence-electron chi connectivity index (χ4n) is 3.52. The molecule has 2 aromatic rings. The number of nitrogens with one attached hydrogen (secondary N) is 2. The molecule has 0 saturated carbocycles. The summed E-state index contributed by atoms with van der Waals surface area (Å²) in [6.45, 7) is 2.36. The van der Waals surface area contributed by atoms with Gasteiger partial charge in [0.05, 0.1) is 16.6 Å². The van der Waals surface area contributed by atoms with Crippen molar-refractivity contribution >= 4 is 33.4 Å². The monoisotopic (exact) mass is 473 g/mol. The number of amides is 2. The van der Waals surface area contributed by atoms with Crippen LogP contribution in [0.3, 0.4) is 0 Å². The third-order valence-electron chi connectivity index (χ3n) is 5.23. The first-order valence-corrected chi connectivity index (χ1v) is 12.0. The van der Waals surface area contributed by atoms with Crippen LogP contribution >= 0.6 is 0 Å². The summed E-state index contributed by atoms with van der Waals surface area (Å²) in [6, 6.07) is 14.2. The first kappa shape index (κ1) is 24.2. The lowest BCUT2D eigenvalue weighted by molar-refractivity contribution is -0.120. The van der Waals surface area contributed by atoms with Gasteiger partial charge in [0.25, 0.3) is 0 Å². The summed E-state index contributed by atoms with van der Waals surface area (Å²) in [5.41, 5.74) is 3.75. The largest absolute Gasteiger partial charge is 0.465 e. The molecule has 0 saturated heterocycles. The Labute approximate surface area is 192 Å². The summed E-state index contributed by atoms with van der Waals surface area (Å²) < 4.78 is 23.2. The van der Waals surface area contributed by atoms with Crippen molar-refractivity contribution < 1.29 is 23.1 Å². The standard InChI is InChI=1S/C22H27N5O5S/c1-15-2-4-16(5-3-15)20-14-17(6-11-21(28)24-12-13-25-22(29)30)26-27(20)18-7-9-19(10-8-18)33(23,31)32/h2-5,7-10,20,25H,6,11-14H2,1H3,(H,24,28)(H,29,30)(H2,23,31,32). The Morgan fingerprint density at radius 2 is 1.73 bits per heavy atom. The molecular weight excluding hydrogens is 446 g/mol. The minimum Gasteiger partial charge on any atom is -0.465 e. The van der Waals surface area contributed by atoms with Crippen LogP contribution in [0.15, 0.2) is 58.5 Å². The zero-order chi connectivity index (χ0) is 24.0. The van der Waals surface area contributed by atoms with E-state index in [-0.39, 0.29) is 36.4 Å². The van der Waals surface area contributed by atoms with Gasteiger partial charge in [-0.1, -0.05) is 29.8 Å². The number of carbonyl (C=O) groups excluding carboxylic acids is 1. The van der Waals surface area contributed by atoms with Crippen molar-refractivity contribution in [2.45, 2.75) is 37.1 Å². The van der Waals surface area contributed by atoms with Crippen molar-refractivity contribution in [2.24, 2.45) is 10.2 Å². The average Bonchev–Trinajstić information content (AvgIpc) is 3.19. The molecule has 11 heteroatoms. The van der Waals surface area contributed by atoms with E-state index in [4.69, 9.17) is 15.3 Å². The number of sulfonamides is 1. The Morgan fingerprint density at radius 3 is 2.33 bits per heavy atom. The van der Waals surface area contributed by atoms with E-state index in [0.29, 0.717) is 18.5 Å². The SMILES string of the molecule is Cc1ccc(C2CC(CCC(=O)NCCNC(=O)O)=NN2c2ccc(S(N)(=O)=O)cc2)cc1. The molecule has 1 atom stereocenters. The van der Waals surface area contributed by atoms with Crippen LogP contribution in [0.1, 0.15) is 36.4 Å². The minimum atomic E-state index is -3.79. The van der Waals surface area contributed by atoms with E-state index in [1.54, 1.807) is 12.1 Å². The van der Waals surface area contributed by atoms with Crippen LogP contribution in [-0.2, 0) is 14.8 Å². The predicted octanol–water partition coefficient (Wildman–Crippen LogP) is 2.11. The van der Waals surface area contributed by atoms with E-state index in [0.717, 1.165) is 16.8 Å². The summed E-state index contributed by atoms with van der Waals surface area (Å²) in [4.78, 5) is 22.6. The molecule has 2 amide bonds. The lowest BCUT2D eigenvalue weighted by Crippen LogP contribution is -2.34. The van der Waals surface area contributed by atoms with Gasteiger partial charge >= 0.3 is 6.09 Å². The zero-order valence-corrected chi connectivity index (χ0v) is 19.0. The van der Waals surface area contributed by atoms with Gasteiger partial charge in [-0.05, 0) is 43.2 Å². The maximum atomic E-state index is 12.1. The van der Waals surface area contributed by atoms with Gasteiger partial charge in [-0.25, -0.2) is 18.4 Å². The van der Waals surface area contributed by atoms with Gasteiger partial charge in [0.1, 0.15) is 0 Å². The number of hydrogen-bond donors (Lipinski definition) is 4. The Kier molecular flexibility index (Phi) is 7.67. The first-order chi connectivity index (χ1) is 15.6. The molecule has 5 N–H and O–H groups in total. The van der Waals surface area contributed by atoms with Gasteiger partial charge in [-0.2, -0.15) is 5.10 Å². The minimum absolute atomic E-state index is 0.0237. The van der Waals surface area contributed by atoms with E-state index in [2.05, 4.69) is 10.6 Å². The van der Waals surface area contributed by atoms with E-state index >= 15 is 0 Å². The molecule has 1 unspecified atom stereocenters. The van der Waals surface area contributed by atoms with Gasteiger partial charge in [0.2, 0.25) is 15.9 Å². The summed E-state index contributed by atoms with van der Waals surface area (Å²) in [5, 5.41) is 25.2.